The number of carbonyl (C=O) groups is 1. The summed E-state index contributed by atoms with van der Waals surface area (Å²) in [5.41, 5.74) is 2.15. The van der Waals surface area contributed by atoms with Gasteiger partial charge in [-0.3, -0.25) is 0 Å². The van der Waals surface area contributed by atoms with Gasteiger partial charge in [0.05, 0.1) is 41.1 Å². The minimum Gasteiger partial charge on any atom is -0.441 e. The van der Waals surface area contributed by atoms with Gasteiger partial charge in [-0.25, -0.2) is 9.78 Å². The van der Waals surface area contributed by atoms with Crippen LogP contribution in [0.5, 0.6) is 0 Å². The minimum atomic E-state index is -0.381. The molecule has 23 heavy (non-hydrogen) atoms. The summed E-state index contributed by atoms with van der Waals surface area (Å²) >= 11 is 0. The molecule has 3 atom stereocenters. The third kappa shape index (κ3) is 1.68. The lowest BCUT2D eigenvalue weighted by Crippen LogP contribution is -2.43. The number of nitriles is 1. The van der Waals surface area contributed by atoms with Gasteiger partial charge >= 0.3 is 6.09 Å². The Kier molecular flexibility index (Phi) is 2.28. The summed E-state index contributed by atoms with van der Waals surface area (Å²) in [6, 6.07) is 7.80. The first-order valence-corrected chi connectivity index (χ1v) is 7.99. The maximum Gasteiger partial charge on any atom is 0.407 e. The maximum atomic E-state index is 11.5. The van der Waals surface area contributed by atoms with Crippen LogP contribution < -0.4 is 5.32 Å². The first kappa shape index (κ1) is 12.9. The summed E-state index contributed by atoms with van der Waals surface area (Å²) in [6.45, 7) is 0.594. The maximum absolute atomic E-state index is 11.5. The number of aromatic nitrogens is 2. The normalized spacial score (nSPS) is 34.7. The van der Waals surface area contributed by atoms with E-state index in [0.29, 0.717) is 18.0 Å². The van der Waals surface area contributed by atoms with Crippen LogP contribution in [0.1, 0.15) is 31.2 Å². The number of ether oxygens (including phenoxy) is 1. The summed E-state index contributed by atoms with van der Waals surface area (Å²) in [6.07, 6.45) is 5.48. The van der Waals surface area contributed by atoms with E-state index in [1.807, 2.05) is 18.5 Å². The second-order valence-electron chi connectivity index (χ2n) is 7.08. The van der Waals surface area contributed by atoms with Crippen molar-refractivity contribution >= 4 is 17.1 Å². The molecule has 2 aromatic rings. The zero-order chi connectivity index (χ0) is 15.7. The fraction of sp³-hybridized carbons (Fsp3) is 0.471. The van der Waals surface area contributed by atoms with Gasteiger partial charge in [-0.2, -0.15) is 5.26 Å². The van der Waals surface area contributed by atoms with E-state index >= 15 is 0 Å². The third-order valence-corrected chi connectivity index (χ3v) is 5.80. The van der Waals surface area contributed by atoms with Crippen molar-refractivity contribution in [3.63, 3.8) is 0 Å². The fourth-order valence-corrected chi connectivity index (χ4v) is 4.59. The Bertz CT molecular complexity index is 882. The standard InChI is InChI=1S/C17H16N4O2/c18-7-11-1-2-13-14(5-11)21(10-20-13)17-6-12(17)3-4-16(8-17)9-19-15(22)23-16/h1-2,5,10,12H,3-4,6,8-9H2,(H,19,22)/t12-,16+,17+/m0/s1. The Morgan fingerprint density at radius 2 is 2.39 bits per heavy atom. The van der Waals surface area contributed by atoms with E-state index in [-0.39, 0.29) is 17.2 Å². The molecule has 3 aliphatic rings. The molecule has 0 radical (unpaired) electrons. The van der Waals surface area contributed by atoms with Gasteiger partial charge in [-0.15, -0.1) is 0 Å². The minimum absolute atomic E-state index is 0.0205. The van der Waals surface area contributed by atoms with E-state index in [9.17, 15) is 4.79 Å². The van der Waals surface area contributed by atoms with Crippen molar-refractivity contribution in [3.8, 4) is 6.07 Å². The van der Waals surface area contributed by atoms with Gasteiger partial charge in [0.15, 0.2) is 0 Å². The number of hydrogen-bond donors (Lipinski definition) is 1. The molecule has 116 valence electrons. The molecule has 1 amide bonds. The number of rotatable bonds is 1. The topological polar surface area (TPSA) is 79.9 Å². The zero-order valence-corrected chi connectivity index (χ0v) is 12.6. The highest BCUT2D eigenvalue weighted by Crippen LogP contribution is 2.63. The largest absolute Gasteiger partial charge is 0.441 e. The second kappa shape index (κ2) is 4.05. The number of carbonyl (C=O) groups excluding carboxylic acids is 1. The Morgan fingerprint density at radius 1 is 1.48 bits per heavy atom. The van der Waals surface area contributed by atoms with Crippen molar-refractivity contribution in [2.75, 3.05) is 6.54 Å². The van der Waals surface area contributed by atoms with E-state index < -0.39 is 0 Å². The summed E-state index contributed by atoms with van der Waals surface area (Å²) < 4.78 is 7.85. The number of imidazole rings is 1. The average Bonchev–Trinajstić information content (AvgIpc) is 2.93. The van der Waals surface area contributed by atoms with Crippen LogP contribution >= 0.6 is 0 Å². The molecule has 2 aliphatic carbocycles. The first-order chi connectivity index (χ1) is 11.1. The number of alkyl carbamates (subject to hydrolysis) is 1. The molecule has 2 heterocycles. The van der Waals surface area contributed by atoms with Crippen LogP contribution in [0.15, 0.2) is 24.5 Å². The SMILES string of the molecule is N#Cc1ccc2ncn([C@@]34C[C@@H]3CC[C@]3(CNC(=O)O3)C4)c2c1. The number of nitrogens with one attached hydrogen (secondary N) is 1. The molecular weight excluding hydrogens is 292 g/mol. The van der Waals surface area contributed by atoms with Gasteiger partial charge in [0.25, 0.3) is 0 Å². The van der Waals surface area contributed by atoms with Gasteiger partial charge in [0, 0.05) is 6.42 Å². The van der Waals surface area contributed by atoms with Crippen LogP contribution in [0.2, 0.25) is 0 Å². The molecule has 2 saturated carbocycles. The Hall–Kier alpha value is -2.55. The Labute approximate surface area is 133 Å². The summed E-state index contributed by atoms with van der Waals surface area (Å²) in [5.74, 6) is 0.607. The number of fused-ring (bicyclic) bond motifs is 2. The van der Waals surface area contributed by atoms with Crippen LogP contribution in [0, 0.1) is 17.2 Å². The molecule has 0 unspecified atom stereocenters. The molecule has 1 aliphatic heterocycles. The molecule has 3 fully saturated rings. The summed E-state index contributed by atoms with van der Waals surface area (Å²) in [4.78, 5) is 16.0. The van der Waals surface area contributed by atoms with E-state index in [1.54, 1.807) is 6.07 Å². The van der Waals surface area contributed by atoms with Gasteiger partial charge in [-0.05, 0) is 43.4 Å². The highest BCUT2D eigenvalue weighted by molar-refractivity contribution is 5.77. The first-order valence-electron chi connectivity index (χ1n) is 7.99. The highest BCUT2D eigenvalue weighted by atomic mass is 16.6. The van der Waals surface area contributed by atoms with Gasteiger partial charge in [0.1, 0.15) is 5.60 Å². The van der Waals surface area contributed by atoms with Crippen LogP contribution in [0.4, 0.5) is 4.79 Å². The second-order valence-corrected chi connectivity index (χ2v) is 7.08. The highest BCUT2D eigenvalue weighted by Gasteiger charge is 2.64. The lowest BCUT2D eigenvalue weighted by atomic mass is 9.81. The predicted molar refractivity (Wildman–Crippen MR) is 81.6 cm³/mol. The zero-order valence-electron chi connectivity index (χ0n) is 12.6. The number of benzene rings is 1. The predicted octanol–water partition coefficient (Wildman–Crippen LogP) is 2.29. The fourth-order valence-electron chi connectivity index (χ4n) is 4.59. The van der Waals surface area contributed by atoms with E-state index in [2.05, 4.69) is 20.9 Å². The molecule has 5 rings (SSSR count). The van der Waals surface area contributed by atoms with Crippen molar-refractivity contribution < 1.29 is 9.53 Å². The quantitative estimate of drug-likeness (QED) is 0.876. The molecule has 1 aromatic carbocycles. The van der Waals surface area contributed by atoms with Crippen LogP contribution in [0.25, 0.3) is 11.0 Å². The summed E-state index contributed by atoms with van der Waals surface area (Å²) in [5, 5.41) is 12.0. The van der Waals surface area contributed by atoms with Crippen molar-refractivity contribution in [2.24, 2.45) is 5.92 Å². The molecule has 1 aromatic heterocycles. The van der Waals surface area contributed by atoms with Crippen molar-refractivity contribution in [3.05, 3.63) is 30.1 Å². The van der Waals surface area contributed by atoms with Crippen LogP contribution in [-0.4, -0.2) is 27.8 Å². The smallest absolute Gasteiger partial charge is 0.407 e. The molecule has 1 N–H and O–H groups in total. The van der Waals surface area contributed by atoms with Gasteiger partial charge < -0.3 is 14.6 Å². The number of amides is 1. The molecule has 1 saturated heterocycles. The van der Waals surface area contributed by atoms with Crippen molar-refractivity contribution in [2.45, 2.75) is 36.8 Å². The number of nitrogens with zero attached hydrogens (tertiary/aromatic N) is 3. The summed E-state index contributed by atoms with van der Waals surface area (Å²) in [7, 11) is 0. The molecular formula is C17H16N4O2. The van der Waals surface area contributed by atoms with Crippen molar-refractivity contribution in [1.82, 2.24) is 14.9 Å². The average molecular weight is 308 g/mol. The molecule has 1 spiro atoms. The van der Waals surface area contributed by atoms with E-state index in [1.165, 1.54) is 0 Å². The molecule has 0 bridgehead atoms. The monoisotopic (exact) mass is 308 g/mol. The lowest BCUT2D eigenvalue weighted by Gasteiger charge is -2.36. The van der Waals surface area contributed by atoms with Crippen molar-refractivity contribution in [1.29, 1.82) is 5.26 Å². The molecule has 6 nitrogen and oxygen atoms in total. The Morgan fingerprint density at radius 3 is 3.17 bits per heavy atom. The van der Waals surface area contributed by atoms with Crippen LogP contribution in [-0.2, 0) is 10.3 Å². The number of hydrogen-bond acceptors (Lipinski definition) is 4. The Balaban J connectivity index is 1.59. The van der Waals surface area contributed by atoms with E-state index in [0.717, 1.165) is 36.7 Å². The van der Waals surface area contributed by atoms with E-state index in [4.69, 9.17) is 10.00 Å². The van der Waals surface area contributed by atoms with Gasteiger partial charge in [0.2, 0.25) is 0 Å². The molecule has 6 heteroatoms. The van der Waals surface area contributed by atoms with Gasteiger partial charge in [-0.1, -0.05) is 0 Å². The lowest BCUT2D eigenvalue weighted by molar-refractivity contribution is 0.00627. The third-order valence-electron chi connectivity index (χ3n) is 5.80. The van der Waals surface area contributed by atoms with Crippen LogP contribution in [0.3, 0.4) is 0 Å².